The van der Waals surface area contributed by atoms with Crippen LogP contribution >= 0.6 is 0 Å². The average molecular weight is 327 g/mol. The molecule has 0 heterocycles. The van der Waals surface area contributed by atoms with E-state index < -0.39 is 0 Å². The van der Waals surface area contributed by atoms with Gasteiger partial charge in [-0.3, -0.25) is 0 Å². The molecule has 0 aliphatic rings. The molecule has 126 valence electrons. The predicted octanol–water partition coefficient (Wildman–Crippen LogP) is 3.31. The van der Waals surface area contributed by atoms with Gasteiger partial charge in [0.2, 0.25) is 0 Å². The molecular weight excluding hydrogens is 306 g/mol. The van der Waals surface area contributed by atoms with Crippen molar-refractivity contribution in [1.82, 2.24) is 0 Å². The molecule has 0 aliphatic carbocycles. The smallest absolute Gasteiger partial charge is 0.128 e. The van der Waals surface area contributed by atoms with E-state index in [0.29, 0.717) is 16.8 Å². The number of nitrogens with two attached hydrogens (primary N) is 1. The van der Waals surface area contributed by atoms with Crippen molar-refractivity contribution in [2.75, 3.05) is 5.01 Å². The minimum atomic E-state index is -0.134. The Labute approximate surface area is 140 Å². The summed E-state index contributed by atoms with van der Waals surface area (Å²) in [7, 11) is 0. The Hall–Kier alpha value is -3.15. The summed E-state index contributed by atoms with van der Waals surface area (Å²) in [6.45, 7) is 7.35. The Morgan fingerprint density at radius 1 is 1.17 bits per heavy atom. The molecule has 6 nitrogen and oxygen atoms in total. The third-order valence-electron chi connectivity index (χ3n) is 3.59. The first-order valence-corrected chi connectivity index (χ1v) is 7.42. The molecule has 2 aromatic rings. The number of anilines is 1. The molecule has 0 spiro atoms. The van der Waals surface area contributed by atoms with Gasteiger partial charge in [-0.15, -0.1) is 0 Å². The highest BCUT2D eigenvalue weighted by Gasteiger charge is 2.14. The van der Waals surface area contributed by atoms with E-state index in [9.17, 15) is 15.3 Å². The van der Waals surface area contributed by atoms with Crippen LogP contribution in [0.15, 0.2) is 47.7 Å². The largest absolute Gasteiger partial charge is 0.508 e. The number of phenols is 3. The number of benzene rings is 2. The second kappa shape index (κ2) is 6.95. The summed E-state index contributed by atoms with van der Waals surface area (Å²) in [4.78, 5) is 0. The number of phenolic OH excluding ortho intramolecular Hbond substituents is 3. The fourth-order valence-corrected chi connectivity index (χ4v) is 2.32. The summed E-state index contributed by atoms with van der Waals surface area (Å²) >= 11 is 0. The molecule has 2 rings (SSSR count). The molecule has 0 saturated heterocycles. The molecular formula is C18H21N3O3. The Bertz CT molecular complexity index is 785. The van der Waals surface area contributed by atoms with Gasteiger partial charge in [0.1, 0.15) is 17.2 Å². The fourth-order valence-electron chi connectivity index (χ4n) is 2.32. The number of hydrazone groups is 1. The quantitative estimate of drug-likeness (QED) is 0.498. The van der Waals surface area contributed by atoms with Crippen molar-refractivity contribution in [2.45, 2.75) is 19.8 Å². The summed E-state index contributed by atoms with van der Waals surface area (Å²) in [6, 6.07) is 9.36. The standard InChI is InChI=1S/C18H21N3O3/c1-11(2)14-8-15(18(24)9-17(14)23)16(19)10-21(20-3)12-5-4-6-13(22)7-12/h4-11,22-24H,3,19H2,1-2H3/b16-10-. The first kappa shape index (κ1) is 17.2. The topological polar surface area (TPSA) is 102 Å². The molecule has 0 radical (unpaired) electrons. The number of aromatic hydroxyl groups is 3. The second-order valence-electron chi connectivity index (χ2n) is 5.67. The summed E-state index contributed by atoms with van der Waals surface area (Å²) in [6.07, 6.45) is 1.48. The Morgan fingerprint density at radius 3 is 2.46 bits per heavy atom. The van der Waals surface area contributed by atoms with E-state index in [1.807, 2.05) is 13.8 Å². The summed E-state index contributed by atoms with van der Waals surface area (Å²) in [5.41, 5.74) is 7.96. The van der Waals surface area contributed by atoms with Crippen molar-refractivity contribution < 1.29 is 15.3 Å². The third-order valence-corrected chi connectivity index (χ3v) is 3.59. The molecule has 0 aliphatic heterocycles. The lowest BCUT2D eigenvalue weighted by Gasteiger charge is -2.17. The first-order valence-electron chi connectivity index (χ1n) is 7.42. The molecule has 24 heavy (non-hydrogen) atoms. The lowest BCUT2D eigenvalue weighted by molar-refractivity contribution is 0.443. The Kier molecular flexibility index (Phi) is 4.99. The molecule has 6 heteroatoms. The molecule has 0 fully saturated rings. The molecule has 0 aromatic heterocycles. The molecule has 2 aromatic carbocycles. The normalized spacial score (nSPS) is 11.5. The van der Waals surface area contributed by atoms with Gasteiger partial charge in [0.15, 0.2) is 0 Å². The second-order valence-corrected chi connectivity index (χ2v) is 5.67. The number of nitrogens with zero attached hydrogens (tertiary/aromatic N) is 2. The van der Waals surface area contributed by atoms with E-state index >= 15 is 0 Å². The summed E-state index contributed by atoms with van der Waals surface area (Å²) in [5.74, 6) is 0.0378. The van der Waals surface area contributed by atoms with Crippen molar-refractivity contribution in [3.63, 3.8) is 0 Å². The van der Waals surface area contributed by atoms with Gasteiger partial charge in [0, 0.05) is 24.4 Å². The SMILES string of the molecule is C=NN(/C=C(\N)c1cc(C(C)C)c(O)cc1O)c1cccc(O)c1. The predicted molar refractivity (Wildman–Crippen MR) is 96.2 cm³/mol. The van der Waals surface area contributed by atoms with Crippen LogP contribution in [0.5, 0.6) is 17.2 Å². The average Bonchev–Trinajstić information content (AvgIpc) is 2.52. The van der Waals surface area contributed by atoms with Crippen LogP contribution in [0.4, 0.5) is 5.69 Å². The van der Waals surface area contributed by atoms with Gasteiger partial charge in [-0.2, -0.15) is 5.10 Å². The third kappa shape index (κ3) is 3.60. The van der Waals surface area contributed by atoms with Gasteiger partial charge in [0.25, 0.3) is 0 Å². The van der Waals surface area contributed by atoms with Crippen LogP contribution in [-0.4, -0.2) is 22.0 Å². The lowest BCUT2D eigenvalue weighted by Crippen LogP contribution is -2.11. The van der Waals surface area contributed by atoms with E-state index in [4.69, 9.17) is 5.73 Å². The maximum Gasteiger partial charge on any atom is 0.128 e. The van der Waals surface area contributed by atoms with Crippen molar-refractivity contribution in [3.05, 3.63) is 53.7 Å². The van der Waals surface area contributed by atoms with E-state index in [2.05, 4.69) is 11.8 Å². The van der Waals surface area contributed by atoms with E-state index in [0.717, 1.165) is 0 Å². The zero-order valence-electron chi connectivity index (χ0n) is 13.6. The molecule has 0 amide bonds. The Balaban J connectivity index is 2.46. The van der Waals surface area contributed by atoms with Gasteiger partial charge in [0.05, 0.1) is 17.6 Å². The summed E-state index contributed by atoms with van der Waals surface area (Å²) in [5, 5.41) is 34.8. The minimum absolute atomic E-state index is 0.0192. The molecule has 0 saturated carbocycles. The molecule has 5 N–H and O–H groups in total. The van der Waals surface area contributed by atoms with E-state index in [1.54, 1.807) is 24.3 Å². The van der Waals surface area contributed by atoms with Gasteiger partial charge in [-0.1, -0.05) is 19.9 Å². The van der Waals surface area contributed by atoms with Crippen molar-refractivity contribution in [3.8, 4) is 17.2 Å². The van der Waals surface area contributed by atoms with Crippen LogP contribution in [0.1, 0.15) is 30.9 Å². The van der Waals surface area contributed by atoms with Crippen molar-refractivity contribution in [1.29, 1.82) is 0 Å². The zero-order valence-corrected chi connectivity index (χ0v) is 13.6. The minimum Gasteiger partial charge on any atom is -0.508 e. The van der Waals surface area contributed by atoms with Crippen LogP contribution in [0, 0.1) is 0 Å². The highest BCUT2D eigenvalue weighted by Crippen LogP contribution is 2.34. The van der Waals surface area contributed by atoms with E-state index in [1.165, 1.54) is 23.3 Å². The van der Waals surface area contributed by atoms with Crippen LogP contribution in [-0.2, 0) is 0 Å². The maximum absolute atomic E-state index is 10.1. The fraction of sp³-hybridized carbons (Fsp3) is 0.167. The van der Waals surface area contributed by atoms with Crippen molar-refractivity contribution in [2.24, 2.45) is 10.8 Å². The van der Waals surface area contributed by atoms with Gasteiger partial charge in [-0.25, -0.2) is 5.01 Å². The molecule has 0 unspecified atom stereocenters. The van der Waals surface area contributed by atoms with Crippen LogP contribution in [0.3, 0.4) is 0 Å². The maximum atomic E-state index is 10.1. The lowest BCUT2D eigenvalue weighted by atomic mass is 9.98. The molecule has 0 atom stereocenters. The van der Waals surface area contributed by atoms with Gasteiger partial charge < -0.3 is 21.1 Å². The highest BCUT2D eigenvalue weighted by molar-refractivity contribution is 5.72. The van der Waals surface area contributed by atoms with Crippen LogP contribution in [0.2, 0.25) is 0 Å². The Morgan fingerprint density at radius 2 is 1.88 bits per heavy atom. The number of hydrogen-bond acceptors (Lipinski definition) is 6. The summed E-state index contributed by atoms with van der Waals surface area (Å²) < 4.78 is 0. The number of rotatable bonds is 5. The number of hydrogen-bond donors (Lipinski definition) is 4. The van der Waals surface area contributed by atoms with Crippen LogP contribution in [0.25, 0.3) is 5.70 Å². The van der Waals surface area contributed by atoms with Crippen LogP contribution < -0.4 is 10.7 Å². The van der Waals surface area contributed by atoms with Crippen molar-refractivity contribution >= 4 is 18.1 Å². The zero-order chi connectivity index (χ0) is 17.9. The van der Waals surface area contributed by atoms with Gasteiger partial charge >= 0.3 is 0 Å². The van der Waals surface area contributed by atoms with E-state index in [-0.39, 0.29) is 28.9 Å². The molecule has 0 bridgehead atoms. The van der Waals surface area contributed by atoms with Gasteiger partial charge in [-0.05, 0) is 29.7 Å². The highest BCUT2D eigenvalue weighted by atomic mass is 16.3. The first-order chi connectivity index (χ1) is 11.3. The monoisotopic (exact) mass is 327 g/mol.